The van der Waals surface area contributed by atoms with Crippen molar-refractivity contribution >= 4 is 6.16 Å². The van der Waals surface area contributed by atoms with Crippen molar-refractivity contribution in [3.63, 3.8) is 0 Å². The summed E-state index contributed by atoms with van der Waals surface area (Å²) in [7, 11) is 0. The number of alkyl halides is 2. The van der Waals surface area contributed by atoms with Crippen LogP contribution in [-0.2, 0) is 4.74 Å². The second-order valence-corrected chi connectivity index (χ2v) is 1.65. The lowest BCUT2D eigenvalue weighted by Gasteiger charge is -2.03. The number of carboxylic acid groups (broad SMARTS) is 1. The van der Waals surface area contributed by atoms with E-state index in [0.29, 0.717) is 0 Å². The first-order chi connectivity index (χ1) is 4.66. The van der Waals surface area contributed by atoms with E-state index in [1.54, 1.807) is 0 Å². The molecular formula is C5H8F2O3. The van der Waals surface area contributed by atoms with Gasteiger partial charge in [0.1, 0.15) is 12.8 Å². The number of halogens is 2. The minimum Gasteiger partial charge on any atom is -0.450 e. The van der Waals surface area contributed by atoms with Gasteiger partial charge in [-0.25, -0.2) is 9.18 Å². The first kappa shape index (κ1) is 9.13. The molecule has 0 aliphatic carbocycles. The Kier molecular flexibility index (Phi) is 4.53. The maximum absolute atomic E-state index is 12.1. The summed E-state index contributed by atoms with van der Waals surface area (Å²) >= 11 is 0. The van der Waals surface area contributed by atoms with Gasteiger partial charge < -0.3 is 9.84 Å². The van der Waals surface area contributed by atoms with E-state index in [2.05, 4.69) is 4.74 Å². The average molecular weight is 154 g/mol. The third-order valence-corrected chi connectivity index (χ3v) is 0.810. The van der Waals surface area contributed by atoms with Crippen molar-refractivity contribution in [2.24, 2.45) is 0 Å². The quantitative estimate of drug-likeness (QED) is 0.622. The number of rotatable bonds is 4. The molecule has 0 rings (SSSR count). The van der Waals surface area contributed by atoms with Crippen LogP contribution in [0, 0.1) is 0 Å². The predicted molar refractivity (Wildman–Crippen MR) is 29.5 cm³/mol. The molecular weight excluding hydrogens is 146 g/mol. The van der Waals surface area contributed by atoms with Crippen LogP contribution in [0.25, 0.3) is 0 Å². The lowest BCUT2D eigenvalue weighted by molar-refractivity contribution is 0.0642. The second-order valence-electron chi connectivity index (χ2n) is 1.65. The summed E-state index contributed by atoms with van der Waals surface area (Å²) < 4.78 is 27.3. The third-order valence-electron chi connectivity index (χ3n) is 0.810. The van der Waals surface area contributed by atoms with E-state index in [4.69, 9.17) is 5.11 Å². The van der Waals surface area contributed by atoms with Crippen LogP contribution in [0.2, 0.25) is 0 Å². The van der Waals surface area contributed by atoms with Gasteiger partial charge in [-0.2, -0.15) is 0 Å². The van der Waals surface area contributed by atoms with Crippen molar-refractivity contribution < 1.29 is 23.4 Å². The SMILES string of the molecule is O=C(O)OCC(F)CCF. The van der Waals surface area contributed by atoms with Gasteiger partial charge in [0.2, 0.25) is 0 Å². The van der Waals surface area contributed by atoms with Gasteiger partial charge in [-0.05, 0) is 0 Å². The Morgan fingerprint density at radius 3 is 2.70 bits per heavy atom. The van der Waals surface area contributed by atoms with Crippen LogP contribution in [0.1, 0.15) is 6.42 Å². The summed E-state index contributed by atoms with van der Waals surface area (Å²) in [6.45, 7) is -1.39. The topological polar surface area (TPSA) is 46.5 Å². The summed E-state index contributed by atoms with van der Waals surface area (Å²) in [4.78, 5) is 9.63. The van der Waals surface area contributed by atoms with Crippen molar-refractivity contribution in [3.05, 3.63) is 0 Å². The van der Waals surface area contributed by atoms with Gasteiger partial charge in [0.15, 0.2) is 0 Å². The van der Waals surface area contributed by atoms with Gasteiger partial charge in [-0.3, -0.25) is 4.39 Å². The van der Waals surface area contributed by atoms with Crippen molar-refractivity contribution in [3.8, 4) is 0 Å². The van der Waals surface area contributed by atoms with Crippen LogP contribution in [0.4, 0.5) is 13.6 Å². The van der Waals surface area contributed by atoms with Crippen molar-refractivity contribution in [2.45, 2.75) is 12.6 Å². The Labute approximate surface area is 56.6 Å². The summed E-state index contributed by atoms with van der Waals surface area (Å²) in [6, 6.07) is 0. The maximum atomic E-state index is 12.1. The van der Waals surface area contributed by atoms with E-state index in [0.717, 1.165) is 0 Å². The molecule has 0 aromatic carbocycles. The fraction of sp³-hybridized carbons (Fsp3) is 0.800. The van der Waals surface area contributed by atoms with Crippen molar-refractivity contribution in [1.82, 2.24) is 0 Å². The smallest absolute Gasteiger partial charge is 0.450 e. The number of hydrogen-bond donors (Lipinski definition) is 1. The van der Waals surface area contributed by atoms with Gasteiger partial charge in [0.25, 0.3) is 0 Å². The minimum absolute atomic E-state index is 0.312. The standard InChI is InChI=1S/C5H8F2O3/c6-2-1-4(7)3-10-5(8)9/h4H,1-3H2,(H,8,9). The Bertz CT molecular complexity index is 107. The number of ether oxygens (including phenoxy) is 1. The molecule has 1 atom stereocenters. The van der Waals surface area contributed by atoms with Gasteiger partial charge >= 0.3 is 6.16 Å². The molecule has 0 fully saturated rings. The van der Waals surface area contributed by atoms with Crippen LogP contribution in [0.3, 0.4) is 0 Å². The first-order valence-electron chi connectivity index (χ1n) is 2.72. The molecule has 0 radical (unpaired) electrons. The highest BCUT2D eigenvalue weighted by Gasteiger charge is 2.08. The molecule has 0 heterocycles. The van der Waals surface area contributed by atoms with Crippen LogP contribution in [-0.4, -0.2) is 30.7 Å². The maximum Gasteiger partial charge on any atom is 0.505 e. The Morgan fingerprint density at radius 1 is 1.70 bits per heavy atom. The molecule has 0 aromatic rings. The molecule has 10 heavy (non-hydrogen) atoms. The zero-order valence-electron chi connectivity index (χ0n) is 5.22. The summed E-state index contributed by atoms with van der Waals surface area (Å²) in [6.07, 6.45) is -3.38. The minimum atomic E-state index is -1.54. The highest BCUT2D eigenvalue weighted by molar-refractivity contribution is 5.56. The molecule has 0 spiro atoms. The van der Waals surface area contributed by atoms with Crippen LogP contribution >= 0.6 is 0 Å². The summed E-state index contributed by atoms with van der Waals surface area (Å²) in [5.74, 6) is 0. The molecule has 1 N–H and O–H groups in total. The van der Waals surface area contributed by atoms with Crippen LogP contribution in [0.5, 0.6) is 0 Å². The zero-order valence-corrected chi connectivity index (χ0v) is 5.22. The van der Waals surface area contributed by atoms with Crippen molar-refractivity contribution in [2.75, 3.05) is 13.3 Å². The van der Waals surface area contributed by atoms with E-state index in [-0.39, 0.29) is 6.42 Å². The van der Waals surface area contributed by atoms with Gasteiger partial charge in [0.05, 0.1) is 6.67 Å². The van der Waals surface area contributed by atoms with E-state index in [1.807, 2.05) is 0 Å². The van der Waals surface area contributed by atoms with E-state index < -0.39 is 25.6 Å². The Hall–Kier alpha value is -0.870. The molecule has 60 valence electrons. The molecule has 0 aliphatic rings. The molecule has 0 aliphatic heterocycles. The van der Waals surface area contributed by atoms with E-state index >= 15 is 0 Å². The summed E-state index contributed by atoms with van der Waals surface area (Å²) in [5.41, 5.74) is 0. The predicted octanol–water partition coefficient (Wildman–Crippen LogP) is 1.38. The zero-order chi connectivity index (χ0) is 7.98. The largest absolute Gasteiger partial charge is 0.505 e. The van der Waals surface area contributed by atoms with Crippen molar-refractivity contribution in [1.29, 1.82) is 0 Å². The average Bonchev–Trinajstić information content (AvgIpc) is 1.85. The fourth-order valence-electron chi connectivity index (χ4n) is 0.363. The number of hydrogen-bond acceptors (Lipinski definition) is 2. The summed E-state index contributed by atoms with van der Waals surface area (Å²) in [5, 5.41) is 7.85. The Balaban J connectivity index is 3.21. The second kappa shape index (κ2) is 4.96. The molecule has 0 aromatic heterocycles. The molecule has 0 saturated heterocycles. The highest BCUT2D eigenvalue weighted by atomic mass is 19.1. The molecule has 0 bridgehead atoms. The number of carbonyl (C=O) groups is 1. The van der Waals surface area contributed by atoms with Gasteiger partial charge in [-0.1, -0.05) is 0 Å². The Morgan fingerprint density at radius 2 is 2.30 bits per heavy atom. The third kappa shape index (κ3) is 5.27. The molecule has 5 heteroatoms. The van der Waals surface area contributed by atoms with E-state index in [9.17, 15) is 13.6 Å². The highest BCUT2D eigenvalue weighted by Crippen LogP contribution is 1.98. The molecule has 3 nitrogen and oxygen atoms in total. The molecule has 1 unspecified atom stereocenters. The lowest BCUT2D eigenvalue weighted by atomic mass is 10.3. The molecule has 0 saturated carbocycles. The van der Waals surface area contributed by atoms with Crippen LogP contribution in [0.15, 0.2) is 0 Å². The fourth-order valence-corrected chi connectivity index (χ4v) is 0.363. The monoisotopic (exact) mass is 154 g/mol. The normalized spacial score (nSPS) is 12.6. The first-order valence-corrected chi connectivity index (χ1v) is 2.72. The van der Waals surface area contributed by atoms with E-state index in [1.165, 1.54) is 0 Å². The van der Waals surface area contributed by atoms with Gasteiger partial charge in [0, 0.05) is 6.42 Å². The van der Waals surface area contributed by atoms with Gasteiger partial charge in [-0.15, -0.1) is 0 Å². The van der Waals surface area contributed by atoms with Crippen LogP contribution < -0.4 is 0 Å². The molecule has 0 amide bonds. The lowest BCUT2D eigenvalue weighted by Crippen LogP contribution is -2.13.